The van der Waals surface area contributed by atoms with Crippen molar-refractivity contribution in [2.24, 2.45) is 0 Å². The summed E-state index contributed by atoms with van der Waals surface area (Å²) in [6, 6.07) is -1.29. The fourth-order valence-corrected chi connectivity index (χ4v) is 4.56. The quantitative estimate of drug-likeness (QED) is 0.410. The first kappa shape index (κ1) is 21.4. The van der Waals surface area contributed by atoms with Gasteiger partial charge in [0.15, 0.2) is 0 Å². The highest BCUT2D eigenvalue weighted by Crippen LogP contribution is 2.68. The minimum absolute atomic E-state index is 0.317. The highest BCUT2D eigenvalue weighted by molar-refractivity contribution is 6.68. The van der Waals surface area contributed by atoms with E-state index in [1.807, 2.05) is 13.8 Å². The van der Waals surface area contributed by atoms with Gasteiger partial charge in [-0.05, 0) is 13.8 Å². The van der Waals surface area contributed by atoms with Crippen molar-refractivity contribution >= 4 is 81.8 Å². The molecule has 2 bridgehead atoms. The van der Waals surface area contributed by atoms with Crippen LogP contribution >= 0.6 is 69.6 Å². The van der Waals surface area contributed by atoms with Crippen LogP contribution in [0.15, 0.2) is 0 Å². The number of carbonyl (C=O) groups excluding carboxylic acids is 2. The van der Waals surface area contributed by atoms with Crippen LogP contribution in [-0.4, -0.2) is 78.5 Å². The molecule has 14 heteroatoms. The van der Waals surface area contributed by atoms with Crippen molar-refractivity contribution < 1.29 is 28.5 Å². The highest BCUT2D eigenvalue weighted by Gasteiger charge is 2.89. The molecular formula is C14H14Cl6N2O6. The third-order valence-electron chi connectivity index (χ3n) is 5.53. The maximum absolute atomic E-state index is 12.8. The predicted octanol–water partition coefficient (Wildman–Crippen LogP) is 3.60. The van der Waals surface area contributed by atoms with Crippen molar-refractivity contribution in [2.45, 2.75) is 56.9 Å². The molecule has 0 aromatic heterocycles. The van der Waals surface area contributed by atoms with Gasteiger partial charge in [-0.25, -0.2) is 19.6 Å². The number of amides is 2. The lowest BCUT2D eigenvalue weighted by Crippen LogP contribution is -2.76. The van der Waals surface area contributed by atoms with Crippen molar-refractivity contribution in [2.75, 3.05) is 13.2 Å². The van der Waals surface area contributed by atoms with E-state index in [0.717, 1.165) is 10.0 Å². The molecule has 5 aliphatic rings. The summed E-state index contributed by atoms with van der Waals surface area (Å²) < 4.78 is 18.2. The van der Waals surface area contributed by atoms with Crippen molar-refractivity contribution in [1.82, 2.24) is 10.0 Å². The van der Waals surface area contributed by atoms with Gasteiger partial charge in [-0.15, -0.1) is 0 Å². The predicted molar refractivity (Wildman–Crippen MR) is 101 cm³/mol. The zero-order chi connectivity index (χ0) is 20.9. The monoisotopic (exact) mass is 516 g/mol. The number of hydrogen-bond donors (Lipinski definition) is 0. The van der Waals surface area contributed by atoms with Crippen LogP contribution in [0.2, 0.25) is 0 Å². The Kier molecular flexibility index (Phi) is 4.87. The third-order valence-corrected chi connectivity index (χ3v) is 6.19. The maximum Gasteiger partial charge on any atom is 0.429 e. The number of epoxide rings is 2. The van der Waals surface area contributed by atoms with Crippen LogP contribution in [-0.2, 0) is 18.9 Å². The second-order valence-corrected chi connectivity index (χ2v) is 12.3. The molecule has 4 heterocycles. The number of carbonyl (C=O) groups is 2. The highest BCUT2D eigenvalue weighted by atomic mass is 35.6. The Morgan fingerprint density at radius 1 is 0.857 bits per heavy atom. The van der Waals surface area contributed by atoms with Crippen LogP contribution in [0, 0.1) is 0 Å². The van der Waals surface area contributed by atoms with Gasteiger partial charge in [-0.3, -0.25) is 0 Å². The normalized spacial score (nSPS) is 40.6. The van der Waals surface area contributed by atoms with Crippen LogP contribution in [0.4, 0.5) is 9.59 Å². The topological polar surface area (TPSA) is 84.1 Å². The SMILES string of the molecule is C[C@@]12O[C@@]1(C)[C@@H]1[C@H]3O[C@H]3[C@@H]2N(C(=O)OCC(Cl)(Cl)Cl)N1C(=O)OCC(Cl)(Cl)Cl. The van der Waals surface area contributed by atoms with E-state index in [4.69, 9.17) is 88.6 Å². The summed E-state index contributed by atoms with van der Waals surface area (Å²) >= 11 is 33.9. The first-order chi connectivity index (χ1) is 12.7. The summed E-state index contributed by atoms with van der Waals surface area (Å²) in [5.41, 5.74) is -1.47. The van der Waals surface area contributed by atoms with E-state index in [1.165, 1.54) is 0 Å². The minimum atomic E-state index is -1.82. The number of hydrogen-bond acceptors (Lipinski definition) is 6. The fourth-order valence-electron chi connectivity index (χ4n) is 4.23. The number of alkyl halides is 6. The van der Waals surface area contributed by atoms with E-state index in [9.17, 15) is 9.59 Å². The van der Waals surface area contributed by atoms with Crippen LogP contribution in [0.5, 0.6) is 0 Å². The Morgan fingerprint density at radius 3 is 1.54 bits per heavy atom. The molecule has 0 unspecified atom stereocenters. The molecule has 0 aromatic carbocycles. The molecule has 6 atom stereocenters. The molecular weight excluding hydrogens is 505 g/mol. The summed E-state index contributed by atoms with van der Waals surface area (Å²) in [6.45, 7) is 2.62. The fraction of sp³-hybridized carbons (Fsp3) is 0.857. The average molecular weight is 519 g/mol. The first-order valence-corrected chi connectivity index (χ1v) is 10.4. The zero-order valence-corrected chi connectivity index (χ0v) is 18.9. The minimum Gasteiger partial charge on any atom is -0.444 e. The molecule has 0 aromatic rings. The summed E-state index contributed by atoms with van der Waals surface area (Å²) in [4.78, 5) is 25.6. The lowest BCUT2D eigenvalue weighted by Gasteiger charge is -2.51. The average Bonchev–Trinajstić information content (AvgIpc) is 3.42. The van der Waals surface area contributed by atoms with Crippen LogP contribution < -0.4 is 0 Å². The summed E-state index contributed by atoms with van der Waals surface area (Å²) in [5, 5.41) is 2.18. The number of halogens is 6. The maximum atomic E-state index is 12.8. The molecule has 2 amide bonds. The molecule has 0 radical (unpaired) electrons. The van der Waals surface area contributed by atoms with E-state index < -0.39 is 56.3 Å². The molecule has 28 heavy (non-hydrogen) atoms. The van der Waals surface area contributed by atoms with Crippen molar-refractivity contribution in [3.05, 3.63) is 0 Å². The Bertz CT molecular complexity index is 672. The van der Waals surface area contributed by atoms with Crippen LogP contribution in [0.1, 0.15) is 13.8 Å². The van der Waals surface area contributed by atoms with Gasteiger partial charge in [0.05, 0.1) is 0 Å². The Morgan fingerprint density at radius 2 is 1.21 bits per heavy atom. The van der Waals surface area contributed by atoms with E-state index in [-0.39, 0.29) is 12.2 Å². The van der Waals surface area contributed by atoms with E-state index in [0.29, 0.717) is 0 Å². The standard InChI is InChI=1S/C14H14Cl6N2O6/c1-11-7-5-6(27-5)8(12(11,2)28-11)22(10(24)26-4-14(18,19)20)21(7)9(23)25-3-13(15,16)17/h5-8H,3-4H2,1-2H3/t5-,6+,7-,8-,11-,12-/m0/s1. The van der Waals surface area contributed by atoms with Gasteiger partial charge in [0.1, 0.15) is 48.7 Å². The van der Waals surface area contributed by atoms with Gasteiger partial charge in [0, 0.05) is 0 Å². The van der Waals surface area contributed by atoms with Gasteiger partial charge in [0.2, 0.25) is 7.59 Å². The van der Waals surface area contributed by atoms with Gasteiger partial charge in [-0.1, -0.05) is 69.6 Å². The molecule has 1 saturated carbocycles. The Balaban J connectivity index is 1.62. The lowest BCUT2D eigenvalue weighted by atomic mass is 9.72. The number of nitrogens with zero attached hydrogens (tertiary/aromatic N) is 2. The summed E-state index contributed by atoms with van der Waals surface area (Å²) in [5.74, 6) is 0. The zero-order valence-electron chi connectivity index (χ0n) is 14.3. The van der Waals surface area contributed by atoms with Gasteiger partial charge >= 0.3 is 12.2 Å². The number of rotatable bonds is 2. The van der Waals surface area contributed by atoms with Gasteiger partial charge < -0.3 is 18.9 Å². The second kappa shape index (κ2) is 6.36. The number of hydrazine groups is 1. The number of fused-ring (bicyclic) bond motifs is 1. The molecule has 8 nitrogen and oxygen atoms in total. The van der Waals surface area contributed by atoms with Crippen LogP contribution in [0.25, 0.3) is 0 Å². The molecule has 158 valence electrons. The van der Waals surface area contributed by atoms with Crippen molar-refractivity contribution in [3.63, 3.8) is 0 Å². The molecule has 5 rings (SSSR count). The Hall–Kier alpha value is 0.200. The van der Waals surface area contributed by atoms with Gasteiger partial charge in [0.25, 0.3) is 0 Å². The second-order valence-electron chi connectivity index (χ2n) is 7.30. The van der Waals surface area contributed by atoms with Crippen molar-refractivity contribution in [3.8, 4) is 0 Å². The molecule has 0 N–H and O–H groups in total. The largest absolute Gasteiger partial charge is 0.444 e. The van der Waals surface area contributed by atoms with E-state index in [2.05, 4.69) is 0 Å². The molecule has 1 aliphatic carbocycles. The molecule has 4 saturated heterocycles. The smallest absolute Gasteiger partial charge is 0.429 e. The summed E-state index contributed by atoms with van der Waals surface area (Å²) in [6.07, 6.45) is -2.47. The molecule has 5 fully saturated rings. The first-order valence-electron chi connectivity index (χ1n) is 8.11. The summed E-state index contributed by atoms with van der Waals surface area (Å²) in [7, 11) is 0. The third kappa shape index (κ3) is 3.28. The van der Waals surface area contributed by atoms with Crippen LogP contribution in [0.3, 0.4) is 0 Å². The lowest BCUT2D eigenvalue weighted by molar-refractivity contribution is -0.119. The molecule has 0 spiro atoms. The number of ether oxygens (including phenoxy) is 4. The van der Waals surface area contributed by atoms with E-state index in [1.54, 1.807) is 0 Å². The molecule has 4 aliphatic heterocycles. The van der Waals surface area contributed by atoms with Gasteiger partial charge in [-0.2, -0.15) is 0 Å². The van der Waals surface area contributed by atoms with Crippen molar-refractivity contribution in [1.29, 1.82) is 0 Å². The Labute approximate surface area is 190 Å². The van der Waals surface area contributed by atoms with E-state index >= 15 is 0 Å².